The predicted molar refractivity (Wildman–Crippen MR) is 219 cm³/mol. The fourth-order valence-corrected chi connectivity index (χ4v) is 10.2. The van der Waals surface area contributed by atoms with Gasteiger partial charge < -0.3 is 19.3 Å². The quantitative estimate of drug-likeness (QED) is 0.0881. The van der Waals surface area contributed by atoms with E-state index in [0.717, 1.165) is 61.0 Å². The molecule has 2 heterocycles. The first kappa shape index (κ1) is 42.1. The number of carbonyl (C=O) groups is 2. The summed E-state index contributed by atoms with van der Waals surface area (Å²) in [6.07, 6.45) is 6.70. The number of benzene rings is 3. The fraction of sp³-hybridized carbons (Fsp3) is 0.512. The van der Waals surface area contributed by atoms with Crippen LogP contribution in [0.15, 0.2) is 24.3 Å². The second-order valence-corrected chi connectivity index (χ2v) is 17.9. The Balaban J connectivity index is 1.20. The Hall–Kier alpha value is -2.09. The number of carbonyl (C=O) groups excluding carboxylic acids is 2. The predicted octanol–water partition coefficient (Wildman–Crippen LogP) is 12.3. The second kappa shape index (κ2) is 17.8. The zero-order valence-electron chi connectivity index (χ0n) is 32.0. The van der Waals surface area contributed by atoms with Crippen molar-refractivity contribution >= 4 is 66.6 Å². The SMILES string of the molecule is Cc1c(Cl)cc2c(c1C)Oc1c(cc(CCCCC(=O)NCCCCCCOP(C)N(C(C)C)C(C)C)c(C)c1Cl)C21OC(=O)c2cc(Cl)c(Cl)cc21. The summed E-state index contributed by atoms with van der Waals surface area (Å²) in [5.41, 5.74) is 4.14. The van der Waals surface area contributed by atoms with Gasteiger partial charge in [0.05, 0.1) is 27.2 Å². The number of nitrogens with one attached hydrogen (secondary N) is 1. The first-order valence-corrected chi connectivity index (χ1v) is 21.7. The van der Waals surface area contributed by atoms with E-state index in [9.17, 15) is 9.59 Å². The van der Waals surface area contributed by atoms with Crippen LogP contribution in [0.2, 0.25) is 20.1 Å². The molecule has 5 rings (SSSR count). The third-order valence-corrected chi connectivity index (χ3v) is 14.1. The lowest BCUT2D eigenvalue weighted by molar-refractivity contribution is -0.121. The number of ether oxygens (including phenoxy) is 2. The maximum absolute atomic E-state index is 13.5. The van der Waals surface area contributed by atoms with Crippen molar-refractivity contribution in [1.29, 1.82) is 0 Å². The van der Waals surface area contributed by atoms with Gasteiger partial charge >= 0.3 is 5.97 Å². The molecule has 2 unspecified atom stereocenters. The average Bonchev–Trinajstić information content (AvgIpc) is 3.36. The van der Waals surface area contributed by atoms with Crippen molar-refractivity contribution in [1.82, 2.24) is 9.99 Å². The lowest BCUT2D eigenvalue weighted by Gasteiger charge is -2.38. The van der Waals surface area contributed by atoms with Gasteiger partial charge in [-0.25, -0.2) is 4.79 Å². The smallest absolute Gasteiger partial charge is 0.340 e. The average molecular weight is 825 g/mol. The molecule has 1 amide bonds. The summed E-state index contributed by atoms with van der Waals surface area (Å²) >= 11 is 26.8. The molecule has 1 N–H and O–H groups in total. The molecule has 0 fully saturated rings. The molecule has 7 nitrogen and oxygen atoms in total. The minimum Gasteiger partial charge on any atom is -0.455 e. The van der Waals surface area contributed by atoms with Crippen LogP contribution in [0.1, 0.15) is 122 Å². The van der Waals surface area contributed by atoms with E-state index in [-0.39, 0.29) is 10.9 Å². The first-order valence-electron chi connectivity index (χ1n) is 18.5. The highest BCUT2D eigenvalue weighted by Gasteiger charge is 2.55. The van der Waals surface area contributed by atoms with Crippen LogP contribution in [-0.4, -0.2) is 48.4 Å². The van der Waals surface area contributed by atoms with Gasteiger partial charge in [-0.05, 0) is 134 Å². The van der Waals surface area contributed by atoms with Gasteiger partial charge in [-0.3, -0.25) is 9.46 Å². The highest BCUT2D eigenvalue weighted by Crippen LogP contribution is 2.60. The minimum absolute atomic E-state index is 0.0594. The van der Waals surface area contributed by atoms with Crippen molar-refractivity contribution < 1.29 is 23.6 Å². The molecule has 0 aliphatic carbocycles. The minimum atomic E-state index is -1.41. The highest BCUT2D eigenvalue weighted by molar-refractivity contribution is 7.49. The lowest BCUT2D eigenvalue weighted by atomic mass is 9.75. The van der Waals surface area contributed by atoms with Crippen molar-refractivity contribution in [3.05, 3.63) is 88.9 Å². The molecule has 0 radical (unpaired) electrons. The van der Waals surface area contributed by atoms with E-state index in [1.807, 2.05) is 26.8 Å². The van der Waals surface area contributed by atoms with Crippen molar-refractivity contribution in [2.24, 2.45) is 0 Å². The number of halogens is 4. The van der Waals surface area contributed by atoms with Gasteiger partial charge in [0.1, 0.15) is 14.0 Å². The topological polar surface area (TPSA) is 77.1 Å². The van der Waals surface area contributed by atoms with Crippen LogP contribution in [0, 0.1) is 20.8 Å². The van der Waals surface area contributed by atoms with Crippen LogP contribution in [-0.2, 0) is 26.1 Å². The Labute approximate surface area is 336 Å². The molecule has 2 aliphatic heterocycles. The maximum atomic E-state index is 13.5. The number of amides is 1. The van der Waals surface area contributed by atoms with Gasteiger partial charge in [-0.15, -0.1) is 0 Å². The largest absolute Gasteiger partial charge is 0.455 e. The van der Waals surface area contributed by atoms with E-state index in [4.69, 9.17) is 60.4 Å². The maximum Gasteiger partial charge on any atom is 0.340 e. The molecule has 1 spiro atoms. The van der Waals surface area contributed by atoms with Gasteiger partial charge in [0.15, 0.2) is 11.4 Å². The number of unbranched alkanes of at least 4 members (excludes halogenated alkanes) is 4. The number of rotatable bonds is 16. The molecular formula is C41H51Cl4N2O5P. The fourth-order valence-electron chi connectivity index (χ4n) is 7.55. The Morgan fingerprint density at radius 3 is 2.15 bits per heavy atom. The molecule has 53 heavy (non-hydrogen) atoms. The standard InChI is InChI=1S/C41H51Cl4N2O5P/c1-23(2)47(24(3)4)53(8)50-18-14-10-9-13-17-46-36(48)16-12-11-15-28-19-31-39(37(45)27(28)7)51-38-26(6)25(5)33(42)22-32(38)41(31)30-21-35(44)34(43)20-29(30)40(49)52-41/h19-24H,9-18H2,1-8H3,(H,46,48). The van der Waals surface area contributed by atoms with Gasteiger partial charge in [0.25, 0.3) is 0 Å². The Kier molecular flexibility index (Phi) is 14.1. The van der Waals surface area contributed by atoms with E-state index in [0.29, 0.717) is 86.7 Å². The van der Waals surface area contributed by atoms with Crippen LogP contribution in [0.5, 0.6) is 11.5 Å². The number of esters is 1. The third-order valence-electron chi connectivity index (χ3n) is 10.4. The van der Waals surface area contributed by atoms with Crippen LogP contribution < -0.4 is 10.1 Å². The van der Waals surface area contributed by atoms with E-state index in [2.05, 4.69) is 44.3 Å². The zero-order valence-corrected chi connectivity index (χ0v) is 35.9. The van der Waals surface area contributed by atoms with Crippen LogP contribution in [0.3, 0.4) is 0 Å². The molecule has 2 atom stereocenters. The highest BCUT2D eigenvalue weighted by atomic mass is 35.5. The molecular weight excluding hydrogens is 773 g/mol. The van der Waals surface area contributed by atoms with Gasteiger partial charge in [-0.1, -0.05) is 59.2 Å². The van der Waals surface area contributed by atoms with E-state index < -0.39 is 19.9 Å². The summed E-state index contributed by atoms with van der Waals surface area (Å²) in [6.45, 7) is 18.3. The van der Waals surface area contributed by atoms with Gasteiger partial charge in [0.2, 0.25) is 5.91 Å². The van der Waals surface area contributed by atoms with Crippen molar-refractivity contribution in [3.8, 4) is 11.5 Å². The Bertz CT molecular complexity index is 1860. The zero-order chi connectivity index (χ0) is 38.8. The van der Waals surface area contributed by atoms with Gasteiger partial charge in [-0.2, -0.15) is 0 Å². The molecule has 2 aliphatic rings. The monoisotopic (exact) mass is 822 g/mol. The third kappa shape index (κ3) is 8.68. The molecule has 0 aromatic heterocycles. The van der Waals surface area contributed by atoms with Crippen LogP contribution in [0.25, 0.3) is 0 Å². The van der Waals surface area contributed by atoms with Crippen molar-refractivity contribution in [3.63, 3.8) is 0 Å². The molecule has 288 valence electrons. The molecule has 0 saturated carbocycles. The molecule has 0 bridgehead atoms. The van der Waals surface area contributed by atoms with E-state index in [1.165, 1.54) is 0 Å². The van der Waals surface area contributed by atoms with E-state index in [1.54, 1.807) is 18.2 Å². The Morgan fingerprint density at radius 2 is 1.45 bits per heavy atom. The van der Waals surface area contributed by atoms with E-state index >= 15 is 0 Å². The second-order valence-electron chi connectivity index (χ2n) is 14.7. The molecule has 12 heteroatoms. The number of aryl methyl sites for hydroxylation is 1. The number of hydrogen-bond donors (Lipinski definition) is 1. The lowest BCUT2D eigenvalue weighted by Crippen LogP contribution is -2.34. The van der Waals surface area contributed by atoms with Crippen LogP contribution >= 0.6 is 54.7 Å². The summed E-state index contributed by atoms with van der Waals surface area (Å²) in [7, 11) is -0.584. The first-order chi connectivity index (χ1) is 25.1. The summed E-state index contributed by atoms with van der Waals surface area (Å²) in [5.74, 6) is 0.480. The molecule has 3 aromatic carbocycles. The summed E-state index contributed by atoms with van der Waals surface area (Å²) in [6, 6.07) is 7.96. The molecule has 3 aromatic rings. The molecule has 0 saturated heterocycles. The number of fused-ring (bicyclic) bond motifs is 6. The van der Waals surface area contributed by atoms with Crippen LogP contribution in [0.4, 0.5) is 0 Å². The summed E-state index contributed by atoms with van der Waals surface area (Å²) in [5, 5.41) is 4.58. The normalized spacial score (nSPS) is 16.5. The van der Waals surface area contributed by atoms with Crippen molar-refractivity contribution in [2.45, 2.75) is 118 Å². The Morgan fingerprint density at radius 1 is 0.811 bits per heavy atom. The number of nitrogens with zero attached hydrogens (tertiary/aromatic N) is 1. The number of hydrogen-bond acceptors (Lipinski definition) is 6. The van der Waals surface area contributed by atoms with Crippen molar-refractivity contribution in [2.75, 3.05) is 19.8 Å². The summed E-state index contributed by atoms with van der Waals surface area (Å²) < 4.78 is 21.5. The summed E-state index contributed by atoms with van der Waals surface area (Å²) in [4.78, 5) is 26.2. The van der Waals surface area contributed by atoms with Gasteiger partial charge in [0, 0.05) is 46.8 Å².